The molecule has 0 spiro atoms. The van der Waals surface area contributed by atoms with E-state index in [0.29, 0.717) is 6.54 Å². The Morgan fingerprint density at radius 2 is 2.00 bits per heavy atom. The highest BCUT2D eigenvalue weighted by molar-refractivity contribution is 5.80. The summed E-state index contributed by atoms with van der Waals surface area (Å²) >= 11 is 0. The summed E-state index contributed by atoms with van der Waals surface area (Å²) in [6.45, 7) is 8.18. The lowest BCUT2D eigenvalue weighted by Gasteiger charge is -2.23. The number of amides is 1. The smallest absolute Gasteiger partial charge is 0.235 e. The van der Waals surface area contributed by atoms with Crippen LogP contribution in [0.25, 0.3) is 0 Å². The van der Waals surface area contributed by atoms with E-state index in [1.165, 1.54) is 5.56 Å². The Labute approximate surface area is 130 Å². The minimum atomic E-state index is -0.0898. The number of hydrogen-bond donors (Lipinski definition) is 1. The number of carbonyl (C=O) groups is 1. The average molecular weight is 298 g/mol. The van der Waals surface area contributed by atoms with Crippen LogP contribution in [0.3, 0.4) is 0 Å². The van der Waals surface area contributed by atoms with Crippen molar-refractivity contribution >= 4 is 5.91 Å². The van der Waals surface area contributed by atoms with Gasteiger partial charge in [-0.2, -0.15) is 5.10 Å². The van der Waals surface area contributed by atoms with E-state index in [1.54, 1.807) is 0 Å². The van der Waals surface area contributed by atoms with Crippen LogP contribution in [0.5, 0.6) is 0 Å². The Bertz CT molecular complexity index is 677. The van der Waals surface area contributed by atoms with Crippen LogP contribution in [-0.2, 0) is 17.9 Å². The van der Waals surface area contributed by atoms with Gasteiger partial charge in [0, 0.05) is 24.3 Å². The summed E-state index contributed by atoms with van der Waals surface area (Å²) in [4.78, 5) is 14.1. The van der Waals surface area contributed by atoms with Crippen molar-refractivity contribution in [1.29, 1.82) is 0 Å². The van der Waals surface area contributed by atoms with E-state index in [9.17, 15) is 4.79 Å². The predicted molar refractivity (Wildman–Crippen MR) is 85.1 cm³/mol. The monoisotopic (exact) mass is 298 g/mol. The quantitative estimate of drug-likeness (QED) is 0.941. The third-order valence-corrected chi connectivity index (χ3v) is 4.25. The zero-order valence-corrected chi connectivity index (χ0v) is 13.3. The van der Waals surface area contributed by atoms with Gasteiger partial charge in [0.05, 0.1) is 12.2 Å². The second-order valence-corrected chi connectivity index (χ2v) is 5.76. The van der Waals surface area contributed by atoms with E-state index in [4.69, 9.17) is 0 Å². The molecule has 116 valence electrons. The van der Waals surface area contributed by atoms with Crippen LogP contribution >= 0.6 is 0 Å². The molecule has 0 aliphatic carbocycles. The van der Waals surface area contributed by atoms with Gasteiger partial charge in [-0.05, 0) is 26.3 Å². The molecule has 1 aromatic heterocycles. The maximum absolute atomic E-state index is 11.9. The molecule has 1 atom stereocenters. The first-order valence-corrected chi connectivity index (χ1v) is 7.71. The standard InChI is InChI=1S/C17H22N4O/c1-4-21-13(3)16(12(2)19-21)17-18-15(22)11-20(17)10-14-8-6-5-7-9-14/h5-9,17H,4,10-11H2,1-3H3,(H,18,22). The van der Waals surface area contributed by atoms with Crippen LogP contribution in [0.2, 0.25) is 0 Å². The van der Waals surface area contributed by atoms with E-state index in [0.717, 1.165) is 30.0 Å². The van der Waals surface area contributed by atoms with Crippen LogP contribution < -0.4 is 5.32 Å². The van der Waals surface area contributed by atoms with Gasteiger partial charge < -0.3 is 5.32 Å². The van der Waals surface area contributed by atoms with Crippen LogP contribution in [0.1, 0.15) is 35.6 Å². The lowest BCUT2D eigenvalue weighted by atomic mass is 10.1. The molecule has 1 aliphatic heterocycles. The SMILES string of the molecule is CCn1nc(C)c(C2NC(=O)CN2Cc2ccccc2)c1C. The maximum atomic E-state index is 11.9. The molecule has 0 saturated carbocycles. The molecule has 1 aromatic carbocycles. The number of aryl methyl sites for hydroxylation is 2. The highest BCUT2D eigenvalue weighted by Crippen LogP contribution is 2.29. The van der Waals surface area contributed by atoms with E-state index in [2.05, 4.69) is 41.3 Å². The molecule has 0 radical (unpaired) electrons. The summed E-state index contributed by atoms with van der Waals surface area (Å²) in [5.74, 6) is 0.0731. The zero-order chi connectivity index (χ0) is 15.7. The molecule has 22 heavy (non-hydrogen) atoms. The third kappa shape index (κ3) is 2.64. The molecule has 5 heteroatoms. The average Bonchev–Trinajstić information content (AvgIpc) is 2.99. The van der Waals surface area contributed by atoms with Crippen molar-refractivity contribution in [3.8, 4) is 0 Å². The van der Waals surface area contributed by atoms with E-state index >= 15 is 0 Å². The number of aromatic nitrogens is 2. The van der Waals surface area contributed by atoms with E-state index in [1.807, 2.05) is 29.8 Å². The van der Waals surface area contributed by atoms with Crippen molar-refractivity contribution in [3.63, 3.8) is 0 Å². The number of rotatable bonds is 4. The topological polar surface area (TPSA) is 50.2 Å². The number of benzene rings is 1. The molecule has 1 fully saturated rings. The molecule has 5 nitrogen and oxygen atoms in total. The summed E-state index contributed by atoms with van der Waals surface area (Å²) in [5, 5.41) is 7.67. The van der Waals surface area contributed by atoms with Crippen molar-refractivity contribution in [2.75, 3.05) is 6.54 Å². The fourth-order valence-corrected chi connectivity index (χ4v) is 3.20. The van der Waals surface area contributed by atoms with Crippen molar-refractivity contribution < 1.29 is 4.79 Å². The Morgan fingerprint density at radius 3 is 2.64 bits per heavy atom. The van der Waals surface area contributed by atoms with E-state index in [-0.39, 0.29) is 12.1 Å². The van der Waals surface area contributed by atoms with Crippen molar-refractivity contribution in [3.05, 3.63) is 52.8 Å². The van der Waals surface area contributed by atoms with Crippen molar-refractivity contribution in [2.24, 2.45) is 0 Å². The Balaban J connectivity index is 1.91. The van der Waals surface area contributed by atoms with Crippen LogP contribution in [0.4, 0.5) is 0 Å². The van der Waals surface area contributed by atoms with Gasteiger partial charge in [0.15, 0.2) is 0 Å². The fourth-order valence-electron chi connectivity index (χ4n) is 3.20. The summed E-state index contributed by atoms with van der Waals surface area (Å²) < 4.78 is 2.00. The normalized spacial score (nSPS) is 18.7. The van der Waals surface area contributed by atoms with Gasteiger partial charge in [-0.1, -0.05) is 30.3 Å². The molecule has 1 aliphatic rings. The third-order valence-electron chi connectivity index (χ3n) is 4.25. The molecule has 1 unspecified atom stereocenters. The Kier molecular flexibility index (Phi) is 3.98. The number of nitrogens with zero attached hydrogens (tertiary/aromatic N) is 3. The van der Waals surface area contributed by atoms with Gasteiger partial charge in [0.2, 0.25) is 5.91 Å². The van der Waals surface area contributed by atoms with Crippen LogP contribution in [0.15, 0.2) is 30.3 Å². The van der Waals surface area contributed by atoms with Gasteiger partial charge in [-0.25, -0.2) is 0 Å². The Morgan fingerprint density at radius 1 is 1.27 bits per heavy atom. The maximum Gasteiger partial charge on any atom is 0.235 e. The second-order valence-electron chi connectivity index (χ2n) is 5.76. The van der Waals surface area contributed by atoms with E-state index < -0.39 is 0 Å². The van der Waals surface area contributed by atoms with Crippen molar-refractivity contribution in [2.45, 2.75) is 40.0 Å². The molecule has 3 rings (SSSR count). The highest BCUT2D eigenvalue weighted by atomic mass is 16.2. The van der Waals surface area contributed by atoms with Gasteiger partial charge in [-0.15, -0.1) is 0 Å². The molecule has 1 N–H and O–H groups in total. The molecule has 0 bridgehead atoms. The number of carbonyl (C=O) groups excluding carboxylic acids is 1. The molecule has 2 aromatic rings. The predicted octanol–water partition coefficient (Wildman–Crippen LogP) is 2.15. The first-order chi connectivity index (χ1) is 10.6. The van der Waals surface area contributed by atoms with Gasteiger partial charge in [0.1, 0.15) is 6.17 Å². The Hall–Kier alpha value is -2.14. The second kappa shape index (κ2) is 5.93. The zero-order valence-electron chi connectivity index (χ0n) is 13.3. The molecular formula is C17H22N4O. The minimum absolute atomic E-state index is 0.0731. The van der Waals surface area contributed by atoms with Gasteiger partial charge in [0.25, 0.3) is 0 Å². The summed E-state index contributed by atoms with van der Waals surface area (Å²) in [6, 6.07) is 10.3. The highest BCUT2D eigenvalue weighted by Gasteiger charge is 2.34. The first kappa shape index (κ1) is 14.8. The summed E-state index contributed by atoms with van der Waals surface area (Å²) in [6.07, 6.45) is -0.0898. The minimum Gasteiger partial charge on any atom is -0.335 e. The van der Waals surface area contributed by atoms with Gasteiger partial charge in [-0.3, -0.25) is 14.4 Å². The fraction of sp³-hybridized carbons (Fsp3) is 0.412. The molecule has 1 amide bonds. The van der Waals surface area contributed by atoms with Crippen molar-refractivity contribution in [1.82, 2.24) is 20.0 Å². The van der Waals surface area contributed by atoms with Gasteiger partial charge >= 0.3 is 0 Å². The molecule has 2 heterocycles. The first-order valence-electron chi connectivity index (χ1n) is 7.71. The lowest BCUT2D eigenvalue weighted by Crippen LogP contribution is -2.28. The molecular weight excluding hydrogens is 276 g/mol. The largest absolute Gasteiger partial charge is 0.335 e. The van der Waals surface area contributed by atoms with Crippen LogP contribution in [0, 0.1) is 13.8 Å². The summed E-state index contributed by atoms with van der Waals surface area (Å²) in [5.41, 5.74) is 4.46. The molecule has 1 saturated heterocycles. The number of hydrogen-bond acceptors (Lipinski definition) is 3. The summed E-state index contributed by atoms with van der Waals surface area (Å²) in [7, 11) is 0. The van der Waals surface area contributed by atoms with Crippen LogP contribution in [-0.4, -0.2) is 27.1 Å². The number of nitrogens with one attached hydrogen (secondary N) is 1. The lowest BCUT2D eigenvalue weighted by molar-refractivity contribution is -0.118.